The van der Waals surface area contributed by atoms with E-state index in [4.69, 9.17) is 5.11 Å². The van der Waals surface area contributed by atoms with Gasteiger partial charge in [-0.3, -0.25) is 5.10 Å². The highest BCUT2D eigenvalue weighted by Crippen LogP contribution is 2.30. The molecule has 0 amide bonds. The number of aromatic nitrogens is 2. The minimum absolute atomic E-state index is 0.317. The second kappa shape index (κ2) is 6.57. The molecule has 118 valence electrons. The van der Waals surface area contributed by atoms with E-state index in [1.165, 1.54) is 12.8 Å². The number of aromatic amines is 1. The average Bonchev–Trinajstić information content (AvgIpc) is 2.88. The molecular weight excluding hydrogens is 294 g/mol. The van der Waals surface area contributed by atoms with Gasteiger partial charge in [0.2, 0.25) is 0 Å². The molecule has 7 nitrogen and oxygen atoms in total. The zero-order chi connectivity index (χ0) is 15.5. The maximum Gasteiger partial charge on any atom is 0.340 e. The van der Waals surface area contributed by atoms with Gasteiger partial charge in [0, 0.05) is 6.54 Å². The Balaban J connectivity index is 1.92. The van der Waals surface area contributed by atoms with Crippen molar-refractivity contribution in [3.63, 3.8) is 0 Å². The van der Waals surface area contributed by atoms with Crippen molar-refractivity contribution in [3.8, 4) is 0 Å². The third-order valence-corrected chi connectivity index (χ3v) is 5.43. The number of H-pyrrole nitrogens is 1. The van der Waals surface area contributed by atoms with Gasteiger partial charge in [-0.2, -0.15) is 5.10 Å². The van der Waals surface area contributed by atoms with Gasteiger partial charge in [0.05, 0.1) is 6.20 Å². The number of aromatic carboxylic acids is 1. The molecule has 1 aromatic rings. The van der Waals surface area contributed by atoms with Crippen molar-refractivity contribution in [2.24, 2.45) is 11.8 Å². The molecule has 0 saturated heterocycles. The van der Waals surface area contributed by atoms with Crippen LogP contribution in [0.2, 0.25) is 0 Å². The third kappa shape index (κ3) is 4.04. The van der Waals surface area contributed by atoms with Crippen molar-refractivity contribution in [2.75, 3.05) is 6.54 Å². The minimum Gasteiger partial charge on any atom is -0.478 e. The Labute approximate surface area is 124 Å². The first-order valence-electron chi connectivity index (χ1n) is 7.16. The first-order valence-corrected chi connectivity index (χ1v) is 8.65. The Morgan fingerprint density at radius 3 is 2.95 bits per heavy atom. The second-order valence-electron chi connectivity index (χ2n) is 5.74. The van der Waals surface area contributed by atoms with Crippen LogP contribution in [-0.4, -0.2) is 36.2 Å². The van der Waals surface area contributed by atoms with Crippen LogP contribution in [0.15, 0.2) is 11.2 Å². The van der Waals surface area contributed by atoms with E-state index in [0.717, 1.165) is 25.5 Å². The first kappa shape index (κ1) is 16.0. The summed E-state index contributed by atoms with van der Waals surface area (Å²) >= 11 is 0. The van der Waals surface area contributed by atoms with Gasteiger partial charge in [0.15, 0.2) is 5.03 Å². The summed E-state index contributed by atoms with van der Waals surface area (Å²) in [6.45, 7) is 2.54. The van der Waals surface area contributed by atoms with E-state index in [1.807, 2.05) is 0 Å². The van der Waals surface area contributed by atoms with E-state index in [-0.39, 0.29) is 10.6 Å². The van der Waals surface area contributed by atoms with Crippen molar-refractivity contribution in [1.82, 2.24) is 14.9 Å². The molecule has 0 spiro atoms. The first-order chi connectivity index (χ1) is 9.90. The van der Waals surface area contributed by atoms with Crippen LogP contribution < -0.4 is 4.72 Å². The Kier molecular flexibility index (Phi) is 5.00. The maximum atomic E-state index is 12.1. The zero-order valence-electron chi connectivity index (χ0n) is 12.0. The van der Waals surface area contributed by atoms with E-state index in [2.05, 4.69) is 21.8 Å². The summed E-state index contributed by atoms with van der Waals surface area (Å²) < 4.78 is 26.6. The fourth-order valence-electron chi connectivity index (χ4n) is 2.92. The molecule has 2 unspecified atom stereocenters. The lowest BCUT2D eigenvalue weighted by molar-refractivity contribution is 0.0692. The highest BCUT2D eigenvalue weighted by molar-refractivity contribution is 7.89. The van der Waals surface area contributed by atoms with Crippen molar-refractivity contribution >= 4 is 16.0 Å². The lowest BCUT2D eigenvalue weighted by atomic mass is 9.81. The molecule has 1 aliphatic rings. The number of rotatable bonds is 6. The normalized spacial score (nSPS) is 23.1. The van der Waals surface area contributed by atoms with Crippen molar-refractivity contribution in [3.05, 3.63) is 11.8 Å². The quantitative estimate of drug-likeness (QED) is 0.738. The molecule has 3 N–H and O–H groups in total. The van der Waals surface area contributed by atoms with Crippen LogP contribution >= 0.6 is 0 Å². The molecule has 0 radical (unpaired) electrons. The van der Waals surface area contributed by atoms with Crippen LogP contribution in [0, 0.1) is 11.8 Å². The molecule has 0 bridgehead atoms. The van der Waals surface area contributed by atoms with E-state index in [9.17, 15) is 13.2 Å². The van der Waals surface area contributed by atoms with Crippen LogP contribution in [0.3, 0.4) is 0 Å². The standard InChI is InChI=1S/C13H21N3O4S/c1-9-3-2-4-10(7-9)5-6-15-21(19,20)12-11(13(17)18)8-14-16-12/h8-10,15H,2-7H2,1H3,(H,14,16)(H,17,18). The van der Waals surface area contributed by atoms with Crippen molar-refractivity contribution in [2.45, 2.75) is 44.1 Å². The van der Waals surface area contributed by atoms with Crippen LogP contribution in [0.1, 0.15) is 49.4 Å². The van der Waals surface area contributed by atoms with Gasteiger partial charge < -0.3 is 5.11 Å². The van der Waals surface area contributed by atoms with Gasteiger partial charge in [0.1, 0.15) is 5.56 Å². The number of carbonyl (C=O) groups is 1. The molecule has 1 heterocycles. The average molecular weight is 315 g/mol. The summed E-state index contributed by atoms with van der Waals surface area (Å²) in [5, 5.41) is 14.3. The molecular formula is C13H21N3O4S. The van der Waals surface area contributed by atoms with Gasteiger partial charge in [-0.05, 0) is 24.7 Å². The molecule has 1 aromatic heterocycles. The van der Waals surface area contributed by atoms with Gasteiger partial charge in [0.25, 0.3) is 10.0 Å². The topological polar surface area (TPSA) is 112 Å². The Bertz CT molecular complexity index is 596. The molecule has 2 rings (SSSR count). The SMILES string of the molecule is CC1CCCC(CCNS(=O)(=O)c2[nH]ncc2C(=O)O)C1. The van der Waals surface area contributed by atoms with Crippen LogP contribution in [0.4, 0.5) is 0 Å². The Morgan fingerprint density at radius 1 is 1.52 bits per heavy atom. The van der Waals surface area contributed by atoms with E-state index >= 15 is 0 Å². The summed E-state index contributed by atoms with van der Waals surface area (Å²) in [4.78, 5) is 10.9. The van der Waals surface area contributed by atoms with Gasteiger partial charge in [-0.15, -0.1) is 0 Å². The Hall–Kier alpha value is -1.41. The molecule has 8 heteroatoms. The van der Waals surface area contributed by atoms with Gasteiger partial charge in [-0.1, -0.05) is 26.2 Å². The second-order valence-corrected chi connectivity index (χ2v) is 7.45. The molecule has 2 atom stereocenters. The van der Waals surface area contributed by atoms with E-state index in [0.29, 0.717) is 18.4 Å². The van der Waals surface area contributed by atoms with Crippen molar-refractivity contribution in [1.29, 1.82) is 0 Å². The number of nitrogens with one attached hydrogen (secondary N) is 2. The lowest BCUT2D eigenvalue weighted by Crippen LogP contribution is -2.28. The number of hydrogen-bond acceptors (Lipinski definition) is 4. The summed E-state index contributed by atoms with van der Waals surface area (Å²) in [7, 11) is -3.86. The van der Waals surface area contributed by atoms with Gasteiger partial charge >= 0.3 is 5.97 Å². The molecule has 1 aliphatic carbocycles. The molecule has 1 saturated carbocycles. The number of sulfonamides is 1. The zero-order valence-corrected chi connectivity index (χ0v) is 12.8. The monoisotopic (exact) mass is 315 g/mol. The number of carboxylic acids is 1. The molecule has 0 aromatic carbocycles. The smallest absolute Gasteiger partial charge is 0.340 e. The maximum absolute atomic E-state index is 12.1. The molecule has 21 heavy (non-hydrogen) atoms. The highest BCUT2D eigenvalue weighted by atomic mass is 32.2. The fourth-order valence-corrected chi connectivity index (χ4v) is 4.06. The lowest BCUT2D eigenvalue weighted by Gasteiger charge is -2.26. The summed E-state index contributed by atoms with van der Waals surface area (Å²) in [5.74, 6) is -0.0750. The molecule has 1 fully saturated rings. The van der Waals surface area contributed by atoms with Crippen LogP contribution in [0.5, 0.6) is 0 Å². The van der Waals surface area contributed by atoms with Crippen molar-refractivity contribution < 1.29 is 18.3 Å². The summed E-state index contributed by atoms with van der Waals surface area (Å²) in [6, 6.07) is 0. The van der Waals surface area contributed by atoms with Crippen LogP contribution in [-0.2, 0) is 10.0 Å². The van der Waals surface area contributed by atoms with Gasteiger partial charge in [-0.25, -0.2) is 17.9 Å². The van der Waals surface area contributed by atoms with E-state index < -0.39 is 16.0 Å². The predicted molar refractivity (Wildman–Crippen MR) is 76.5 cm³/mol. The molecule has 0 aliphatic heterocycles. The fraction of sp³-hybridized carbons (Fsp3) is 0.692. The summed E-state index contributed by atoms with van der Waals surface area (Å²) in [6.07, 6.45) is 6.49. The predicted octanol–water partition coefficient (Wildman–Crippen LogP) is 1.60. The Morgan fingerprint density at radius 2 is 2.29 bits per heavy atom. The highest BCUT2D eigenvalue weighted by Gasteiger charge is 2.25. The number of hydrogen-bond donors (Lipinski definition) is 3. The number of carboxylic acid groups (broad SMARTS) is 1. The van der Waals surface area contributed by atoms with Crippen LogP contribution in [0.25, 0.3) is 0 Å². The third-order valence-electron chi connectivity index (χ3n) is 3.99. The largest absolute Gasteiger partial charge is 0.478 e. The minimum atomic E-state index is -3.86. The summed E-state index contributed by atoms with van der Waals surface area (Å²) in [5.41, 5.74) is -0.339. The van der Waals surface area contributed by atoms with E-state index in [1.54, 1.807) is 0 Å². The number of nitrogens with zero attached hydrogens (tertiary/aromatic N) is 1.